The second-order valence-electron chi connectivity index (χ2n) is 4.78. The summed E-state index contributed by atoms with van der Waals surface area (Å²) in [5, 5.41) is 21.8. The summed E-state index contributed by atoms with van der Waals surface area (Å²) in [5.74, 6) is 0. The minimum absolute atomic E-state index is 0.0156. The third kappa shape index (κ3) is 2.33. The Hall–Kier alpha value is 0.1000. The predicted octanol–water partition coefficient (Wildman–Crippen LogP) is 6.08. The van der Waals surface area contributed by atoms with Crippen LogP contribution in [-0.4, -0.2) is 10.2 Å². The van der Waals surface area contributed by atoms with E-state index in [1.54, 1.807) is 0 Å². The van der Waals surface area contributed by atoms with E-state index >= 15 is 0 Å². The molecule has 2 N–H and O–H groups in total. The molecular weight excluding hydrogens is 413 g/mol. The van der Waals surface area contributed by atoms with Crippen molar-refractivity contribution in [1.82, 2.24) is 0 Å². The van der Waals surface area contributed by atoms with Gasteiger partial charge in [0.25, 0.3) is 0 Å². The van der Waals surface area contributed by atoms with Crippen LogP contribution in [-0.2, 0) is 0 Å². The Balaban J connectivity index is 2.38. The molecule has 1 aliphatic carbocycles. The number of halogens is 6. The highest BCUT2D eigenvalue weighted by Gasteiger charge is 2.36. The molecule has 1 aliphatic rings. The van der Waals surface area contributed by atoms with E-state index in [9.17, 15) is 10.2 Å². The molecule has 0 fully saturated rings. The number of benzene rings is 2. The fraction of sp³-hybridized carbons (Fsp3) is 0.143. The summed E-state index contributed by atoms with van der Waals surface area (Å²) in [6.07, 6.45) is -2.33. The molecule has 0 aliphatic heterocycles. The van der Waals surface area contributed by atoms with Crippen LogP contribution < -0.4 is 0 Å². The van der Waals surface area contributed by atoms with Crippen molar-refractivity contribution in [2.24, 2.45) is 0 Å². The number of aliphatic hydroxyl groups excluding tert-OH is 2. The van der Waals surface area contributed by atoms with E-state index in [2.05, 4.69) is 0 Å². The zero-order valence-electron chi connectivity index (χ0n) is 10.5. The first kappa shape index (κ1) is 16.9. The van der Waals surface area contributed by atoms with Gasteiger partial charge in [0, 0.05) is 11.1 Å². The quantitative estimate of drug-likeness (QED) is 0.402. The number of rotatable bonds is 0. The summed E-state index contributed by atoms with van der Waals surface area (Å²) in [4.78, 5) is 0. The smallest absolute Gasteiger partial charge is 0.106 e. The van der Waals surface area contributed by atoms with Gasteiger partial charge in [0.2, 0.25) is 0 Å². The number of hydrogen-bond donors (Lipinski definition) is 2. The van der Waals surface area contributed by atoms with Crippen LogP contribution in [0.5, 0.6) is 0 Å². The molecule has 0 amide bonds. The average molecular weight is 419 g/mol. The maximum atomic E-state index is 10.6. The summed E-state index contributed by atoms with van der Waals surface area (Å²) in [7, 11) is 0. The standard InChI is InChI=1S/C14H6Cl6O2/c15-5-1-3-4(2-6(5)16)14(22)8-7(13(3)21)9(17)11(19)12(20)10(8)18/h1-2,13-14,21-22H. The molecule has 0 saturated heterocycles. The van der Waals surface area contributed by atoms with E-state index in [1.807, 2.05) is 0 Å². The first-order valence-electron chi connectivity index (χ1n) is 5.96. The third-order valence-electron chi connectivity index (χ3n) is 3.60. The zero-order chi connectivity index (χ0) is 16.3. The maximum absolute atomic E-state index is 10.6. The Labute approximate surface area is 156 Å². The number of fused-ring (bicyclic) bond motifs is 2. The largest absolute Gasteiger partial charge is 0.384 e. The van der Waals surface area contributed by atoms with Crippen molar-refractivity contribution >= 4 is 69.6 Å². The normalized spacial score (nSPS) is 19.8. The molecule has 116 valence electrons. The van der Waals surface area contributed by atoms with Crippen molar-refractivity contribution in [2.45, 2.75) is 12.2 Å². The first-order valence-corrected chi connectivity index (χ1v) is 8.23. The molecule has 0 saturated carbocycles. The topological polar surface area (TPSA) is 40.5 Å². The zero-order valence-corrected chi connectivity index (χ0v) is 15.0. The van der Waals surface area contributed by atoms with Gasteiger partial charge in [-0.2, -0.15) is 0 Å². The fourth-order valence-electron chi connectivity index (χ4n) is 2.56. The van der Waals surface area contributed by atoms with Crippen LogP contribution in [0.25, 0.3) is 0 Å². The maximum Gasteiger partial charge on any atom is 0.106 e. The lowest BCUT2D eigenvalue weighted by Crippen LogP contribution is -2.19. The van der Waals surface area contributed by atoms with E-state index in [0.29, 0.717) is 11.1 Å². The van der Waals surface area contributed by atoms with Crippen LogP contribution in [0.1, 0.15) is 34.5 Å². The molecule has 0 spiro atoms. The molecule has 2 aromatic carbocycles. The Kier molecular flexibility index (Phi) is 4.52. The Bertz CT molecular complexity index is 739. The van der Waals surface area contributed by atoms with Gasteiger partial charge in [0.05, 0.1) is 30.1 Å². The molecule has 2 unspecified atom stereocenters. The van der Waals surface area contributed by atoms with Crippen molar-refractivity contribution < 1.29 is 10.2 Å². The third-order valence-corrected chi connectivity index (χ3v) is 6.16. The lowest BCUT2D eigenvalue weighted by Gasteiger charge is -2.31. The van der Waals surface area contributed by atoms with Gasteiger partial charge < -0.3 is 10.2 Å². The van der Waals surface area contributed by atoms with Crippen molar-refractivity contribution in [2.75, 3.05) is 0 Å². The van der Waals surface area contributed by atoms with Gasteiger partial charge >= 0.3 is 0 Å². The van der Waals surface area contributed by atoms with Gasteiger partial charge in [-0.25, -0.2) is 0 Å². The molecule has 0 aromatic heterocycles. The second-order valence-corrected chi connectivity index (χ2v) is 7.11. The molecule has 0 radical (unpaired) electrons. The molecule has 22 heavy (non-hydrogen) atoms. The van der Waals surface area contributed by atoms with Crippen LogP contribution in [0.15, 0.2) is 12.1 Å². The molecular formula is C14H6Cl6O2. The highest BCUT2D eigenvalue weighted by atomic mass is 35.5. The lowest BCUT2D eigenvalue weighted by molar-refractivity contribution is 0.173. The van der Waals surface area contributed by atoms with Crippen LogP contribution in [0.2, 0.25) is 30.1 Å². The van der Waals surface area contributed by atoms with Crippen molar-refractivity contribution in [3.8, 4) is 0 Å². The van der Waals surface area contributed by atoms with Gasteiger partial charge in [-0.05, 0) is 23.3 Å². The minimum Gasteiger partial charge on any atom is -0.384 e. The second kappa shape index (κ2) is 5.87. The summed E-state index contributed by atoms with van der Waals surface area (Å²) < 4.78 is 0. The van der Waals surface area contributed by atoms with E-state index < -0.39 is 12.2 Å². The van der Waals surface area contributed by atoms with Gasteiger partial charge in [-0.3, -0.25) is 0 Å². The number of aliphatic hydroxyl groups is 2. The minimum atomic E-state index is -1.16. The molecule has 2 aromatic rings. The molecule has 0 heterocycles. The van der Waals surface area contributed by atoms with Gasteiger partial charge in [0.1, 0.15) is 12.2 Å². The number of hydrogen-bond acceptors (Lipinski definition) is 2. The van der Waals surface area contributed by atoms with Crippen LogP contribution >= 0.6 is 69.6 Å². The summed E-state index contributed by atoms with van der Waals surface area (Å²) in [6.45, 7) is 0. The highest BCUT2D eigenvalue weighted by molar-refractivity contribution is 6.52. The lowest BCUT2D eigenvalue weighted by atomic mass is 9.82. The Morgan fingerprint density at radius 1 is 0.591 bits per heavy atom. The predicted molar refractivity (Wildman–Crippen MR) is 91.1 cm³/mol. The molecule has 2 atom stereocenters. The Morgan fingerprint density at radius 2 is 0.909 bits per heavy atom. The van der Waals surface area contributed by atoms with Crippen molar-refractivity contribution in [3.63, 3.8) is 0 Å². The molecule has 3 rings (SSSR count). The average Bonchev–Trinajstić information content (AvgIpc) is 2.48. The van der Waals surface area contributed by atoms with E-state index in [4.69, 9.17) is 69.6 Å². The molecule has 8 heteroatoms. The van der Waals surface area contributed by atoms with E-state index in [1.165, 1.54) is 12.1 Å². The highest BCUT2D eigenvalue weighted by Crippen LogP contribution is 2.52. The molecule has 0 bridgehead atoms. The fourth-order valence-corrected chi connectivity index (χ4v) is 4.00. The molecule has 2 nitrogen and oxygen atoms in total. The van der Waals surface area contributed by atoms with Crippen molar-refractivity contribution in [3.05, 3.63) is 64.5 Å². The monoisotopic (exact) mass is 416 g/mol. The van der Waals surface area contributed by atoms with Gasteiger partial charge in [-0.15, -0.1) is 0 Å². The van der Waals surface area contributed by atoms with Crippen LogP contribution in [0, 0.1) is 0 Å². The van der Waals surface area contributed by atoms with Gasteiger partial charge in [0.15, 0.2) is 0 Å². The first-order chi connectivity index (χ1) is 10.3. The van der Waals surface area contributed by atoms with Crippen LogP contribution in [0.3, 0.4) is 0 Å². The van der Waals surface area contributed by atoms with E-state index in [-0.39, 0.29) is 41.3 Å². The van der Waals surface area contributed by atoms with Gasteiger partial charge in [-0.1, -0.05) is 69.6 Å². The summed E-state index contributed by atoms with van der Waals surface area (Å²) in [5.41, 5.74) is 1.18. The van der Waals surface area contributed by atoms with Crippen molar-refractivity contribution in [1.29, 1.82) is 0 Å². The summed E-state index contributed by atoms with van der Waals surface area (Å²) >= 11 is 36.4. The SMILES string of the molecule is OC1c2cc(Cl)c(Cl)cc2C(O)c2c(Cl)c(Cl)c(Cl)c(Cl)c21. The van der Waals surface area contributed by atoms with Crippen LogP contribution in [0.4, 0.5) is 0 Å². The van der Waals surface area contributed by atoms with E-state index in [0.717, 1.165) is 0 Å². The summed E-state index contributed by atoms with van der Waals surface area (Å²) in [6, 6.07) is 2.95. The Morgan fingerprint density at radius 3 is 1.23 bits per heavy atom.